The van der Waals surface area contributed by atoms with E-state index in [9.17, 15) is 9.59 Å². The summed E-state index contributed by atoms with van der Waals surface area (Å²) >= 11 is 0. The molecule has 0 atom stereocenters. The van der Waals surface area contributed by atoms with Crippen LogP contribution in [0.15, 0.2) is 27.8 Å². The average Bonchev–Trinajstić information content (AvgIpc) is 3.17. The topological polar surface area (TPSA) is 90.2 Å². The Bertz CT molecular complexity index is 577. The molecule has 8 heteroatoms. The van der Waals surface area contributed by atoms with E-state index in [1.54, 1.807) is 17.0 Å². The fourth-order valence-corrected chi connectivity index (χ4v) is 2.57. The van der Waals surface area contributed by atoms with Crippen LogP contribution in [0.3, 0.4) is 0 Å². The highest BCUT2D eigenvalue weighted by Crippen LogP contribution is 2.09. The number of rotatable bonds is 6. The summed E-state index contributed by atoms with van der Waals surface area (Å²) in [6.45, 7) is 8.00. The molecule has 2 N–H and O–H groups in total. The first-order valence-electron chi connectivity index (χ1n) is 8.78. The standard InChI is InChI=1S/C17H27N5O3/c1-3-7-19-15(23)13-20-17(18-4-2)22-10-8-21(9-11-22)16(24)14-6-5-12-25-14/h5-6,12H,3-4,7-11,13H2,1-2H3,(H,18,20)(H,19,23). The van der Waals surface area contributed by atoms with Gasteiger partial charge in [0.2, 0.25) is 5.91 Å². The second-order valence-electron chi connectivity index (χ2n) is 5.78. The second-order valence-corrected chi connectivity index (χ2v) is 5.78. The van der Waals surface area contributed by atoms with Crippen molar-refractivity contribution < 1.29 is 14.0 Å². The lowest BCUT2D eigenvalue weighted by Gasteiger charge is -2.36. The Morgan fingerprint density at radius 2 is 1.88 bits per heavy atom. The number of carbonyl (C=O) groups excluding carboxylic acids is 2. The van der Waals surface area contributed by atoms with Crippen molar-refractivity contribution in [2.24, 2.45) is 4.99 Å². The number of guanidine groups is 1. The molecule has 25 heavy (non-hydrogen) atoms. The molecule has 1 aliphatic rings. The molecule has 138 valence electrons. The third-order valence-corrected chi connectivity index (χ3v) is 3.88. The van der Waals surface area contributed by atoms with Crippen molar-refractivity contribution in [2.75, 3.05) is 45.8 Å². The minimum Gasteiger partial charge on any atom is -0.459 e. The molecule has 1 aromatic rings. The normalized spacial score (nSPS) is 15.2. The predicted octanol–water partition coefficient (Wildman–Crippen LogP) is 0.529. The van der Waals surface area contributed by atoms with Gasteiger partial charge in [0.05, 0.1) is 6.26 Å². The maximum atomic E-state index is 12.3. The minimum atomic E-state index is -0.0921. The number of hydrogen-bond acceptors (Lipinski definition) is 4. The Morgan fingerprint density at radius 3 is 2.48 bits per heavy atom. The molecule has 1 aromatic heterocycles. The summed E-state index contributed by atoms with van der Waals surface area (Å²) < 4.78 is 5.17. The van der Waals surface area contributed by atoms with E-state index in [4.69, 9.17) is 4.42 Å². The van der Waals surface area contributed by atoms with Gasteiger partial charge in [0.25, 0.3) is 5.91 Å². The quantitative estimate of drug-likeness (QED) is 0.578. The molecule has 2 heterocycles. The van der Waals surface area contributed by atoms with Gasteiger partial charge in [-0.25, -0.2) is 4.99 Å². The lowest BCUT2D eigenvalue weighted by molar-refractivity contribution is -0.119. The van der Waals surface area contributed by atoms with Gasteiger partial charge in [-0.15, -0.1) is 0 Å². The third-order valence-electron chi connectivity index (χ3n) is 3.88. The van der Waals surface area contributed by atoms with Crippen LogP contribution in [-0.2, 0) is 4.79 Å². The van der Waals surface area contributed by atoms with Crippen LogP contribution >= 0.6 is 0 Å². The summed E-state index contributed by atoms with van der Waals surface area (Å²) in [6, 6.07) is 3.39. The molecular formula is C17H27N5O3. The van der Waals surface area contributed by atoms with Crippen molar-refractivity contribution in [3.05, 3.63) is 24.2 Å². The fraction of sp³-hybridized carbons (Fsp3) is 0.588. The maximum Gasteiger partial charge on any atom is 0.289 e. The SMILES string of the molecule is CCCNC(=O)CN=C(NCC)N1CCN(C(=O)c2ccco2)CC1. The van der Waals surface area contributed by atoms with Crippen LogP contribution in [0.1, 0.15) is 30.8 Å². The van der Waals surface area contributed by atoms with E-state index in [-0.39, 0.29) is 18.4 Å². The van der Waals surface area contributed by atoms with E-state index in [0.717, 1.165) is 13.0 Å². The molecule has 0 saturated carbocycles. The summed E-state index contributed by atoms with van der Waals surface area (Å²) in [5.41, 5.74) is 0. The van der Waals surface area contributed by atoms with Gasteiger partial charge in [0, 0.05) is 39.3 Å². The fourth-order valence-electron chi connectivity index (χ4n) is 2.57. The van der Waals surface area contributed by atoms with Crippen LogP contribution in [0.5, 0.6) is 0 Å². The summed E-state index contributed by atoms with van der Waals surface area (Å²) in [7, 11) is 0. The van der Waals surface area contributed by atoms with Crippen molar-refractivity contribution in [1.82, 2.24) is 20.4 Å². The number of carbonyl (C=O) groups is 2. The zero-order valence-corrected chi connectivity index (χ0v) is 15.0. The molecule has 0 unspecified atom stereocenters. The van der Waals surface area contributed by atoms with E-state index >= 15 is 0 Å². The van der Waals surface area contributed by atoms with Crippen LogP contribution in [0, 0.1) is 0 Å². The van der Waals surface area contributed by atoms with Gasteiger partial charge in [0.1, 0.15) is 6.54 Å². The van der Waals surface area contributed by atoms with Crippen LogP contribution in [0.4, 0.5) is 0 Å². The molecule has 0 spiro atoms. The predicted molar refractivity (Wildman–Crippen MR) is 95.5 cm³/mol. The Hall–Kier alpha value is -2.51. The first kappa shape index (κ1) is 18.8. The largest absolute Gasteiger partial charge is 0.459 e. The molecule has 1 aliphatic heterocycles. The Labute approximate surface area is 148 Å². The number of hydrogen-bond donors (Lipinski definition) is 2. The summed E-state index contributed by atoms with van der Waals surface area (Å²) in [4.78, 5) is 32.3. The minimum absolute atomic E-state index is 0.0797. The molecule has 2 rings (SSSR count). The molecule has 1 fully saturated rings. The van der Waals surface area contributed by atoms with Crippen LogP contribution in [-0.4, -0.2) is 73.4 Å². The number of piperazine rings is 1. The summed E-state index contributed by atoms with van der Waals surface area (Å²) in [5.74, 6) is 0.898. The van der Waals surface area contributed by atoms with Gasteiger partial charge in [-0.1, -0.05) is 6.92 Å². The highest BCUT2D eigenvalue weighted by atomic mass is 16.3. The van der Waals surface area contributed by atoms with E-state index < -0.39 is 0 Å². The van der Waals surface area contributed by atoms with Crippen molar-refractivity contribution in [3.63, 3.8) is 0 Å². The van der Waals surface area contributed by atoms with Gasteiger partial charge in [0.15, 0.2) is 11.7 Å². The van der Waals surface area contributed by atoms with Gasteiger partial charge in [-0.05, 0) is 25.5 Å². The Morgan fingerprint density at radius 1 is 1.16 bits per heavy atom. The summed E-state index contributed by atoms with van der Waals surface area (Å²) in [6.07, 6.45) is 2.41. The molecule has 8 nitrogen and oxygen atoms in total. The third kappa shape index (κ3) is 5.51. The van der Waals surface area contributed by atoms with Crippen LogP contribution in [0.2, 0.25) is 0 Å². The number of nitrogens with zero attached hydrogens (tertiary/aromatic N) is 3. The van der Waals surface area contributed by atoms with E-state index in [2.05, 4.69) is 20.5 Å². The van der Waals surface area contributed by atoms with Gasteiger partial charge < -0.3 is 24.9 Å². The Balaban J connectivity index is 1.88. The Kier molecular flexibility index (Phi) is 7.31. The number of furan rings is 1. The van der Waals surface area contributed by atoms with Crippen molar-refractivity contribution in [1.29, 1.82) is 0 Å². The van der Waals surface area contributed by atoms with Crippen molar-refractivity contribution in [2.45, 2.75) is 20.3 Å². The molecular weight excluding hydrogens is 322 g/mol. The first-order valence-corrected chi connectivity index (χ1v) is 8.78. The lowest BCUT2D eigenvalue weighted by Crippen LogP contribution is -2.54. The molecule has 1 saturated heterocycles. The summed E-state index contributed by atoms with van der Waals surface area (Å²) in [5, 5.41) is 6.02. The number of nitrogens with one attached hydrogen (secondary N) is 2. The molecule has 0 aromatic carbocycles. The smallest absolute Gasteiger partial charge is 0.289 e. The molecule has 0 aliphatic carbocycles. The molecule has 0 radical (unpaired) electrons. The monoisotopic (exact) mass is 349 g/mol. The zero-order chi connectivity index (χ0) is 18.1. The number of amides is 2. The van der Waals surface area contributed by atoms with Crippen LogP contribution in [0.25, 0.3) is 0 Å². The maximum absolute atomic E-state index is 12.3. The van der Waals surface area contributed by atoms with E-state index in [0.29, 0.717) is 44.4 Å². The van der Waals surface area contributed by atoms with E-state index in [1.807, 2.05) is 13.8 Å². The van der Waals surface area contributed by atoms with Gasteiger partial charge in [-0.3, -0.25) is 9.59 Å². The highest BCUT2D eigenvalue weighted by Gasteiger charge is 2.25. The molecule has 2 amide bonds. The van der Waals surface area contributed by atoms with Gasteiger partial charge in [-0.2, -0.15) is 0 Å². The molecule has 0 bridgehead atoms. The zero-order valence-electron chi connectivity index (χ0n) is 15.0. The first-order chi connectivity index (χ1) is 12.2. The average molecular weight is 349 g/mol. The van der Waals surface area contributed by atoms with Gasteiger partial charge >= 0.3 is 0 Å². The highest BCUT2D eigenvalue weighted by molar-refractivity contribution is 5.91. The number of aliphatic imine (C=N–C) groups is 1. The van der Waals surface area contributed by atoms with Crippen molar-refractivity contribution in [3.8, 4) is 0 Å². The van der Waals surface area contributed by atoms with Crippen LogP contribution < -0.4 is 10.6 Å². The van der Waals surface area contributed by atoms with Crippen molar-refractivity contribution >= 4 is 17.8 Å². The van der Waals surface area contributed by atoms with E-state index in [1.165, 1.54) is 6.26 Å². The lowest BCUT2D eigenvalue weighted by atomic mass is 10.3. The second kappa shape index (κ2) is 9.71.